The van der Waals surface area contributed by atoms with Crippen molar-refractivity contribution in [3.63, 3.8) is 0 Å². The Labute approximate surface area is 78.1 Å². The molecule has 0 aliphatic carbocycles. The smallest absolute Gasteiger partial charge is 0.102 e. The van der Waals surface area contributed by atoms with Gasteiger partial charge in [-0.25, -0.2) is 0 Å². The number of ether oxygens (including phenoxy) is 1. The van der Waals surface area contributed by atoms with Gasteiger partial charge in [-0.05, 0) is 18.1 Å². The van der Waals surface area contributed by atoms with Gasteiger partial charge in [-0.1, -0.05) is 0 Å². The maximum Gasteiger partial charge on any atom is 0.102 e. The summed E-state index contributed by atoms with van der Waals surface area (Å²) in [5.74, 6) is 0. The topological polar surface area (TPSA) is 67.8 Å². The fourth-order valence-corrected chi connectivity index (χ4v) is 1.57. The fraction of sp³-hybridized carbons (Fsp3) is 0.667. The molecule has 0 amide bonds. The lowest BCUT2D eigenvalue weighted by Gasteiger charge is -2.27. The minimum atomic E-state index is -0.0860. The van der Waals surface area contributed by atoms with Crippen LogP contribution in [0.1, 0.15) is 6.92 Å². The monoisotopic (exact) mass is 184 g/mol. The summed E-state index contributed by atoms with van der Waals surface area (Å²) in [5, 5.41) is 9.03. The summed E-state index contributed by atoms with van der Waals surface area (Å²) in [6, 6.07) is 0.0823. The first-order valence-corrected chi connectivity index (χ1v) is 4.33. The lowest BCUT2D eigenvalue weighted by Crippen LogP contribution is -2.34. The van der Waals surface area contributed by atoms with Crippen LogP contribution in [-0.4, -0.2) is 43.7 Å². The van der Waals surface area contributed by atoms with Crippen molar-refractivity contribution in [3.05, 3.63) is 11.1 Å². The van der Waals surface area contributed by atoms with Gasteiger partial charge in [-0.2, -0.15) is 0 Å². The second kappa shape index (κ2) is 4.50. The Morgan fingerprint density at radius 2 is 2.38 bits per heavy atom. The molecule has 1 aliphatic rings. The lowest BCUT2D eigenvalue weighted by atomic mass is 9.96. The second-order valence-electron chi connectivity index (χ2n) is 3.09. The number of hydrogen-bond donors (Lipinski definition) is 2. The molecule has 3 N–H and O–H groups in total. The molecule has 0 radical (unpaired) electrons. The Hall–Kier alpha value is -0.710. The van der Waals surface area contributed by atoms with Gasteiger partial charge in [0.05, 0.1) is 12.6 Å². The Kier molecular flexibility index (Phi) is 3.59. The van der Waals surface area contributed by atoms with Gasteiger partial charge in [0.2, 0.25) is 0 Å². The minimum Gasteiger partial charge on any atom is -0.392 e. The van der Waals surface area contributed by atoms with Crippen molar-refractivity contribution in [2.75, 3.05) is 20.3 Å². The molecule has 0 aromatic carbocycles. The third-order valence-corrected chi connectivity index (χ3v) is 2.30. The first kappa shape index (κ1) is 10.4. The highest BCUT2D eigenvalue weighted by Gasteiger charge is 2.24. The van der Waals surface area contributed by atoms with Crippen molar-refractivity contribution >= 4 is 6.21 Å². The van der Waals surface area contributed by atoms with Crippen molar-refractivity contribution in [2.24, 2.45) is 10.7 Å². The summed E-state index contributed by atoms with van der Waals surface area (Å²) in [5.41, 5.74) is 7.32. The van der Waals surface area contributed by atoms with E-state index in [4.69, 9.17) is 15.6 Å². The lowest BCUT2D eigenvalue weighted by molar-refractivity contribution is 0.111. The van der Waals surface area contributed by atoms with Crippen LogP contribution in [0.15, 0.2) is 16.1 Å². The maximum absolute atomic E-state index is 9.03. The van der Waals surface area contributed by atoms with Crippen molar-refractivity contribution in [3.8, 4) is 0 Å². The summed E-state index contributed by atoms with van der Waals surface area (Å²) in [7, 11) is 1.63. The Morgan fingerprint density at radius 1 is 1.69 bits per heavy atom. The summed E-state index contributed by atoms with van der Waals surface area (Å²) in [4.78, 5) is 4.21. The number of nitrogens with two attached hydrogens (primary N) is 1. The standard InChI is InChI=1S/C9H16N2O2/c1-6-9(13-2)8(3-10)7(5-12)4-11-6/h4,6,9,12H,3,5,10H2,1-2H3. The number of methoxy groups -OCH3 is 1. The molecular formula is C9H16N2O2. The van der Waals surface area contributed by atoms with E-state index in [2.05, 4.69) is 4.99 Å². The number of aliphatic imine (C=N–C) groups is 1. The van der Waals surface area contributed by atoms with Gasteiger partial charge in [-0.3, -0.25) is 4.99 Å². The molecule has 1 heterocycles. The highest BCUT2D eigenvalue weighted by atomic mass is 16.5. The van der Waals surface area contributed by atoms with E-state index in [1.165, 1.54) is 0 Å². The van der Waals surface area contributed by atoms with Crippen LogP contribution >= 0.6 is 0 Å². The zero-order valence-corrected chi connectivity index (χ0v) is 8.03. The molecular weight excluding hydrogens is 168 g/mol. The zero-order chi connectivity index (χ0) is 9.84. The van der Waals surface area contributed by atoms with Gasteiger partial charge in [0, 0.05) is 19.9 Å². The van der Waals surface area contributed by atoms with E-state index >= 15 is 0 Å². The van der Waals surface area contributed by atoms with Crippen LogP contribution < -0.4 is 5.73 Å². The first-order chi connectivity index (χ1) is 6.24. The summed E-state index contributed by atoms with van der Waals surface area (Å²) in [6.45, 7) is 2.35. The molecule has 74 valence electrons. The van der Waals surface area contributed by atoms with Crippen molar-refractivity contribution in [1.29, 1.82) is 0 Å². The van der Waals surface area contributed by atoms with Gasteiger partial charge < -0.3 is 15.6 Å². The average Bonchev–Trinajstić information content (AvgIpc) is 2.17. The minimum absolute atomic E-state index is 0.0252. The zero-order valence-electron chi connectivity index (χ0n) is 8.03. The molecule has 4 nitrogen and oxygen atoms in total. The fourth-order valence-electron chi connectivity index (χ4n) is 1.57. The number of nitrogens with zero attached hydrogens (tertiary/aromatic N) is 1. The maximum atomic E-state index is 9.03. The summed E-state index contributed by atoms with van der Waals surface area (Å²) >= 11 is 0. The third-order valence-electron chi connectivity index (χ3n) is 2.30. The second-order valence-corrected chi connectivity index (χ2v) is 3.09. The Morgan fingerprint density at radius 3 is 2.85 bits per heavy atom. The van der Waals surface area contributed by atoms with E-state index in [0.29, 0.717) is 6.54 Å². The molecule has 1 rings (SSSR count). The Balaban J connectivity index is 2.95. The predicted octanol–water partition coefficient (Wildman–Crippen LogP) is -0.278. The highest BCUT2D eigenvalue weighted by Crippen LogP contribution is 2.19. The van der Waals surface area contributed by atoms with Crippen LogP contribution in [0, 0.1) is 0 Å². The molecule has 13 heavy (non-hydrogen) atoms. The molecule has 0 spiro atoms. The Bertz CT molecular complexity index is 236. The number of aliphatic hydroxyl groups is 1. The van der Waals surface area contributed by atoms with Crippen LogP contribution in [-0.2, 0) is 4.74 Å². The van der Waals surface area contributed by atoms with E-state index in [1.54, 1.807) is 13.3 Å². The number of hydrogen-bond acceptors (Lipinski definition) is 4. The van der Waals surface area contributed by atoms with E-state index < -0.39 is 0 Å². The molecule has 0 saturated carbocycles. The highest BCUT2D eigenvalue weighted by molar-refractivity contribution is 5.81. The van der Waals surface area contributed by atoms with Crippen molar-refractivity contribution < 1.29 is 9.84 Å². The molecule has 0 fully saturated rings. The number of aliphatic hydroxyl groups excluding tert-OH is 1. The molecule has 0 aromatic rings. The SMILES string of the molecule is COC1C(CN)=C(CO)C=NC1C. The van der Waals surface area contributed by atoms with Gasteiger partial charge in [0.25, 0.3) is 0 Å². The quantitative estimate of drug-likeness (QED) is 0.634. The van der Waals surface area contributed by atoms with E-state index in [-0.39, 0.29) is 18.8 Å². The average molecular weight is 184 g/mol. The molecule has 2 atom stereocenters. The van der Waals surface area contributed by atoms with E-state index in [9.17, 15) is 0 Å². The summed E-state index contributed by atoms with van der Waals surface area (Å²) in [6.07, 6.45) is 1.60. The van der Waals surface area contributed by atoms with Gasteiger partial charge in [-0.15, -0.1) is 0 Å². The molecule has 0 saturated heterocycles. The molecule has 4 heteroatoms. The van der Waals surface area contributed by atoms with E-state index in [0.717, 1.165) is 11.1 Å². The number of dihydropyridines is 1. The molecule has 0 bridgehead atoms. The first-order valence-electron chi connectivity index (χ1n) is 4.33. The van der Waals surface area contributed by atoms with Crippen LogP contribution in [0.3, 0.4) is 0 Å². The van der Waals surface area contributed by atoms with Crippen LogP contribution in [0.4, 0.5) is 0 Å². The van der Waals surface area contributed by atoms with Crippen molar-refractivity contribution in [2.45, 2.75) is 19.1 Å². The molecule has 2 unspecified atom stereocenters. The van der Waals surface area contributed by atoms with E-state index in [1.807, 2.05) is 6.92 Å². The van der Waals surface area contributed by atoms with Gasteiger partial charge >= 0.3 is 0 Å². The van der Waals surface area contributed by atoms with Crippen LogP contribution in [0.25, 0.3) is 0 Å². The normalized spacial score (nSPS) is 28.3. The molecule has 0 aromatic heterocycles. The third kappa shape index (κ3) is 1.96. The number of rotatable bonds is 3. The van der Waals surface area contributed by atoms with Crippen LogP contribution in [0.2, 0.25) is 0 Å². The molecule has 1 aliphatic heterocycles. The van der Waals surface area contributed by atoms with Gasteiger partial charge in [0.15, 0.2) is 0 Å². The van der Waals surface area contributed by atoms with Crippen LogP contribution in [0.5, 0.6) is 0 Å². The van der Waals surface area contributed by atoms with Gasteiger partial charge in [0.1, 0.15) is 6.10 Å². The predicted molar refractivity (Wildman–Crippen MR) is 51.9 cm³/mol. The largest absolute Gasteiger partial charge is 0.392 e. The van der Waals surface area contributed by atoms with Crippen molar-refractivity contribution in [1.82, 2.24) is 0 Å². The summed E-state index contributed by atoms with van der Waals surface area (Å²) < 4.78 is 5.28.